The second-order valence-electron chi connectivity index (χ2n) is 9.14. The molecule has 0 spiro atoms. The minimum atomic E-state index is 0.388. The Labute approximate surface area is 148 Å². The van der Waals surface area contributed by atoms with Crippen LogP contribution in [0.2, 0.25) is 0 Å². The Balaban J connectivity index is 1.37. The highest BCUT2D eigenvalue weighted by Gasteiger charge is 2.41. The molecule has 4 N–H and O–H groups in total. The van der Waals surface area contributed by atoms with Crippen molar-refractivity contribution in [1.29, 1.82) is 0 Å². The van der Waals surface area contributed by atoms with Crippen LogP contribution in [0.3, 0.4) is 0 Å². The molecule has 0 aromatic rings. The summed E-state index contributed by atoms with van der Waals surface area (Å²) in [5.74, 6) is 4.74. The maximum absolute atomic E-state index is 6.46. The maximum atomic E-state index is 6.46. The Morgan fingerprint density at radius 2 is 1.00 bits per heavy atom. The second kappa shape index (κ2) is 7.33. The van der Waals surface area contributed by atoms with Gasteiger partial charge >= 0.3 is 0 Å². The number of nitrogens with two attached hydrogens (primary N) is 2. The quantitative estimate of drug-likeness (QED) is 0.754. The smallest absolute Gasteiger partial charge is 0.0107 e. The lowest BCUT2D eigenvalue weighted by Crippen LogP contribution is -2.27. The van der Waals surface area contributed by atoms with Gasteiger partial charge in [-0.1, -0.05) is 62.8 Å². The zero-order chi connectivity index (χ0) is 16.5. The molecule has 0 saturated heterocycles. The first kappa shape index (κ1) is 16.8. The summed E-state index contributed by atoms with van der Waals surface area (Å²) in [6.07, 6.45) is 23.2. The van der Waals surface area contributed by atoms with Crippen molar-refractivity contribution in [2.24, 2.45) is 47.0 Å². The molecule has 2 nitrogen and oxygen atoms in total. The maximum Gasteiger partial charge on any atom is 0.0107 e. The average molecular weight is 329 g/mol. The third-order valence-corrected chi connectivity index (χ3v) is 7.84. The number of hydrogen-bond donors (Lipinski definition) is 2. The van der Waals surface area contributed by atoms with E-state index in [1.54, 1.807) is 0 Å². The number of fused-ring (bicyclic) bond motifs is 2. The van der Waals surface area contributed by atoms with E-state index in [9.17, 15) is 0 Å². The number of rotatable bonds is 3. The van der Waals surface area contributed by atoms with Gasteiger partial charge < -0.3 is 11.5 Å². The summed E-state index contributed by atoms with van der Waals surface area (Å²) in [6, 6.07) is 0.776. The minimum Gasteiger partial charge on any atom is -0.327 e. The van der Waals surface area contributed by atoms with Gasteiger partial charge in [0, 0.05) is 12.1 Å². The average Bonchev–Trinajstić information content (AvgIpc) is 3.08. The zero-order valence-corrected chi connectivity index (χ0v) is 15.2. The summed E-state index contributed by atoms with van der Waals surface area (Å²) < 4.78 is 0. The molecule has 4 aliphatic rings. The highest BCUT2D eigenvalue weighted by Crippen LogP contribution is 2.47. The SMILES string of the molecule is N[C@@H]1C[C@@H]2CCCC[C@@H]2[C@H]1C=C/C=C/[C@H]1[C@H]2CCCC[C@H]2C[C@@H]1N. The third-order valence-electron chi connectivity index (χ3n) is 7.84. The van der Waals surface area contributed by atoms with E-state index in [1.807, 2.05) is 0 Å². The molecular formula is C22H36N2. The van der Waals surface area contributed by atoms with Gasteiger partial charge in [0.1, 0.15) is 0 Å². The fourth-order valence-corrected chi connectivity index (χ4v) is 6.68. The number of allylic oxidation sites excluding steroid dienone is 2. The normalized spacial score (nSPS) is 48.9. The molecule has 134 valence electrons. The third kappa shape index (κ3) is 3.24. The van der Waals surface area contributed by atoms with Crippen molar-refractivity contribution in [2.45, 2.75) is 76.3 Å². The Morgan fingerprint density at radius 3 is 1.46 bits per heavy atom. The van der Waals surface area contributed by atoms with Crippen LogP contribution in [0.15, 0.2) is 24.3 Å². The molecule has 0 aromatic heterocycles. The molecular weight excluding hydrogens is 292 g/mol. The molecule has 2 heteroatoms. The van der Waals surface area contributed by atoms with E-state index >= 15 is 0 Å². The van der Waals surface area contributed by atoms with Gasteiger partial charge in [0.2, 0.25) is 0 Å². The Kier molecular flexibility index (Phi) is 5.15. The van der Waals surface area contributed by atoms with E-state index in [1.165, 1.54) is 64.2 Å². The van der Waals surface area contributed by atoms with Crippen LogP contribution in [0.1, 0.15) is 64.2 Å². The molecule has 4 fully saturated rings. The van der Waals surface area contributed by atoms with Gasteiger partial charge in [-0.2, -0.15) is 0 Å². The van der Waals surface area contributed by atoms with E-state index in [-0.39, 0.29) is 0 Å². The van der Waals surface area contributed by atoms with E-state index in [0.29, 0.717) is 23.9 Å². The molecule has 0 amide bonds. The predicted octanol–water partition coefficient (Wildman–Crippen LogP) is 4.41. The van der Waals surface area contributed by atoms with E-state index in [4.69, 9.17) is 11.5 Å². The fourth-order valence-electron chi connectivity index (χ4n) is 6.68. The van der Waals surface area contributed by atoms with Gasteiger partial charge in [-0.25, -0.2) is 0 Å². The highest BCUT2D eigenvalue weighted by atomic mass is 14.7. The summed E-state index contributed by atoms with van der Waals surface area (Å²) in [5, 5.41) is 0. The van der Waals surface area contributed by atoms with Crippen LogP contribution in [-0.2, 0) is 0 Å². The molecule has 4 aliphatic carbocycles. The molecule has 0 heterocycles. The van der Waals surface area contributed by atoms with Crippen molar-refractivity contribution in [2.75, 3.05) is 0 Å². The molecule has 0 aromatic carbocycles. The Bertz CT molecular complexity index is 438. The summed E-state index contributed by atoms with van der Waals surface area (Å²) in [4.78, 5) is 0. The molecule has 0 unspecified atom stereocenters. The lowest BCUT2D eigenvalue weighted by atomic mass is 9.77. The zero-order valence-electron chi connectivity index (χ0n) is 15.2. The van der Waals surface area contributed by atoms with Crippen molar-refractivity contribution in [3.05, 3.63) is 24.3 Å². The van der Waals surface area contributed by atoms with Gasteiger partial charge in [-0.05, 0) is 61.2 Å². The van der Waals surface area contributed by atoms with Gasteiger partial charge in [-0.3, -0.25) is 0 Å². The van der Waals surface area contributed by atoms with Crippen molar-refractivity contribution in [1.82, 2.24) is 0 Å². The summed E-state index contributed by atoms with van der Waals surface area (Å²) in [7, 11) is 0. The second-order valence-corrected chi connectivity index (χ2v) is 9.14. The lowest BCUT2D eigenvalue weighted by molar-refractivity contribution is 0.248. The Morgan fingerprint density at radius 1 is 0.583 bits per heavy atom. The van der Waals surface area contributed by atoms with Crippen LogP contribution in [0, 0.1) is 35.5 Å². The first-order valence-electron chi connectivity index (χ1n) is 10.6. The predicted molar refractivity (Wildman–Crippen MR) is 101 cm³/mol. The van der Waals surface area contributed by atoms with Gasteiger partial charge in [0.25, 0.3) is 0 Å². The van der Waals surface area contributed by atoms with Gasteiger partial charge in [-0.15, -0.1) is 0 Å². The topological polar surface area (TPSA) is 52.0 Å². The minimum absolute atomic E-state index is 0.388. The molecule has 4 saturated carbocycles. The van der Waals surface area contributed by atoms with Crippen LogP contribution in [0.5, 0.6) is 0 Å². The molecule has 8 atom stereocenters. The highest BCUT2D eigenvalue weighted by molar-refractivity contribution is 5.14. The van der Waals surface area contributed by atoms with E-state index in [2.05, 4.69) is 24.3 Å². The van der Waals surface area contributed by atoms with Gasteiger partial charge in [0.15, 0.2) is 0 Å². The van der Waals surface area contributed by atoms with Gasteiger partial charge in [0.05, 0.1) is 0 Å². The van der Waals surface area contributed by atoms with E-state index in [0.717, 1.165) is 23.7 Å². The van der Waals surface area contributed by atoms with Crippen LogP contribution < -0.4 is 11.5 Å². The molecule has 0 radical (unpaired) electrons. The first-order valence-corrected chi connectivity index (χ1v) is 10.6. The Hall–Kier alpha value is -0.600. The van der Waals surface area contributed by atoms with Crippen LogP contribution in [0.25, 0.3) is 0 Å². The molecule has 0 aliphatic heterocycles. The first-order chi connectivity index (χ1) is 11.7. The van der Waals surface area contributed by atoms with Crippen molar-refractivity contribution in [3.63, 3.8) is 0 Å². The molecule has 0 bridgehead atoms. The monoisotopic (exact) mass is 328 g/mol. The van der Waals surface area contributed by atoms with Crippen LogP contribution in [-0.4, -0.2) is 12.1 Å². The molecule has 4 rings (SSSR count). The fraction of sp³-hybridized carbons (Fsp3) is 0.818. The van der Waals surface area contributed by atoms with E-state index < -0.39 is 0 Å². The van der Waals surface area contributed by atoms with Crippen molar-refractivity contribution < 1.29 is 0 Å². The van der Waals surface area contributed by atoms with Crippen LogP contribution in [0.4, 0.5) is 0 Å². The van der Waals surface area contributed by atoms with Crippen molar-refractivity contribution in [3.8, 4) is 0 Å². The largest absolute Gasteiger partial charge is 0.327 e. The summed E-state index contributed by atoms with van der Waals surface area (Å²) in [6.45, 7) is 0. The summed E-state index contributed by atoms with van der Waals surface area (Å²) in [5.41, 5.74) is 12.9. The molecule has 24 heavy (non-hydrogen) atoms. The lowest BCUT2D eigenvalue weighted by Gasteiger charge is -2.28. The van der Waals surface area contributed by atoms with Crippen LogP contribution >= 0.6 is 0 Å². The summed E-state index contributed by atoms with van der Waals surface area (Å²) >= 11 is 0. The van der Waals surface area contributed by atoms with Crippen molar-refractivity contribution >= 4 is 0 Å². The number of hydrogen-bond acceptors (Lipinski definition) is 2. The standard InChI is InChI=1S/C22H36N2/c23-21-13-15-7-1-3-9-17(15)19(21)11-5-6-12-20-18-10-4-2-8-16(18)14-22(20)24/h5-6,11-12,15-22H,1-4,7-10,13-14,23-24H2/b11-5+,12-6?/t15-,16-,17-,18-,19-,20+,21-,22+/m0/s1.